The summed E-state index contributed by atoms with van der Waals surface area (Å²) in [7, 11) is 3.57. The number of hydrogen-bond donors (Lipinski definition) is 2. The van der Waals surface area contributed by atoms with Gasteiger partial charge in [0.25, 0.3) is 0 Å². The second kappa shape index (κ2) is 23.8. The fourth-order valence-electron chi connectivity index (χ4n) is 4.13. The molecule has 0 aromatic heterocycles. The molecule has 0 bridgehead atoms. The zero-order chi connectivity index (χ0) is 24.6. The van der Waals surface area contributed by atoms with Gasteiger partial charge in [-0.1, -0.05) is 103 Å². The van der Waals surface area contributed by atoms with Crippen molar-refractivity contribution in [1.82, 2.24) is 10.2 Å². The van der Waals surface area contributed by atoms with Crippen LogP contribution in [0.1, 0.15) is 129 Å². The van der Waals surface area contributed by atoms with Gasteiger partial charge in [0, 0.05) is 13.0 Å². The number of unbranched alkanes of at least 4 members (excludes halogenated alkanes) is 15. The predicted molar refractivity (Wildman–Crippen MR) is 141 cm³/mol. The third-order valence-corrected chi connectivity index (χ3v) is 6.33. The molecule has 0 aliphatic heterocycles. The maximum Gasteiger partial charge on any atom is 0.320 e. The summed E-state index contributed by atoms with van der Waals surface area (Å²) in [6, 6.07) is -0.446. The Morgan fingerprint density at radius 2 is 1.27 bits per heavy atom. The van der Waals surface area contributed by atoms with E-state index < -0.39 is 12.0 Å². The van der Waals surface area contributed by atoms with Crippen LogP contribution >= 0.6 is 0 Å². The highest BCUT2D eigenvalue weighted by Crippen LogP contribution is 2.13. The van der Waals surface area contributed by atoms with Crippen molar-refractivity contribution in [3.8, 4) is 0 Å². The average molecular weight is 467 g/mol. The topological polar surface area (TPSA) is 69.6 Å². The van der Waals surface area contributed by atoms with Crippen LogP contribution in [0.15, 0.2) is 12.2 Å². The van der Waals surface area contributed by atoms with Gasteiger partial charge in [-0.3, -0.25) is 14.5 Å². The number of carbonyl (C=O) groups excluding carboxylic acids is 1. The van der Waals surface area contributed by atoms with Gasteiger partial charge in [0.05, 0.1) is 0 Å². The Balaban J connectivity index is 3.38. The van der Waals surface area contributed by atoms with Crippen molar-refractivity contribution in [2.24, 2.45) is 0 Å². The predicted octanol–water partition coefficient (Wildman–Crippen LogP) is 7.11. The number of aliphatic carboxylic acids is 1. The highest BCUT2D eigenvalue weighted by atomic mass is 16.4. The minimum Gasteiger partial charge on any atom is -0.480 e. The number of rotatable bonds is 24. The van der Waals surface area contributed by atoms with Crippen molar-refractivity contribution < 1.29 is 14.7 Å². The Bertz CT molecular complexity index is 492. The molecule has 0 rings (SSSR count). The van der Waals surface area contributed by atoms with Crippen LogP contribution in [0.3, 0.4) is 0 Å². The van der Waals surface area contributed by atoms with Crippen LogP contribution in [-0.2, 0) is 9.59 Å². The summed E-state index contributed by atoms with van der Waals surface area (Å²) in [4.78, 5) is 24.7. The number of carbonyl (C=O) groups is 2. The smallest absolute Gasteiger partial charge is 0.320 e. The van der Waals surface area contributed by atoms with Crippen LogP contribution in [0.2, 0.25) is 0 Å². The van der Waals surface area contributed by atoms with E-state index in [1.54, 1.807) is 19.0 Å². The Kier molecular flexibility index (Phi) is 22.8. The molecule has 0 spiro atoms. The lowest BCUT2D eigenvalue weighted by molar-refractivity contribution is -0.142. The molecule has 0 saturated heterocycles. The third kappa shape index (κ3) is 22.2. The first kappa shape index (κ1) is 31.6. The number of carboxylic acid groups (broad SMARTS) is 1. The van der Waals surface area contributed by atoms with Crippen molar-refractivity contribution in [1.29, 1.82) is 0 Å². The maximum atomic E-state index is 11.9. The Labute approximate surface area is 204 Å². The summed E-state index contributed by atoms with van der Waals surface area (Å²) in [5.41, 5.74) is 0. The number of allylic oxidation sites excluding steroid dienone is 1. The van der Waals surface area contributed by atoms with Crippen LogP contribution < -0.4 is 5.32 Å². The van der Waals surface area contributed by atoms with E-state index in [1.165, 1.54) is 89.9 Å². The van der Waals surface area contributed by atoms with Crippen molar-refractivity contribution >= 4 is 11.9 Å². The summed E-state index contributed by atoms with van der Waals surface area (Å²) in [6.07, 6.45) is 27.1. The summed E-state index contributed by atoms with van der Waals surface area (Å²) >= 11 is 0. The molecule has 0 saturated carbocycles. The lowest BCUT2D eigenvalue weighted by Gasteiger charge is -2.19. The van der Waals surface area contributed by atoms with Crippen LogP contribution in [0.25, 0.3) is 0 Å². The Hall–Kier alpha value is -1.36. The largest absolute Gasteiger partial charge is 0.480 e. The molecule has 33 heavy (non-hydrogen) atoms. The molecule has 0 aromatic rings. The van der Waals surface area contributed by atoms with Gasteiger partial charge >= 0.3 is 5.97 Å². The molecule has 1 amide bonds. The van der Waals surface area contributed by atoms with Gasteiger partial charge < -0.3 is 10.4 Å². The lowest BCUT2D eigenvalue weighted by atomic mass is 10.0. The Morgan fingerprint density at radius 3 is 1.76 bits per heavy atom. The molecule has 0 heterocycles. The van der Waals surface area contributed by atoms with Crippen LogP contribution in [0, 0.1) is 0 Å². The van der Waals surface area contributed by atoms with E-state index in [0.717, 1.165) is 19.3 Å². The van der Waals surface area contributed by atoms with Gasteiger partial charge in [0.2, 0.25) is 5.91 Å². The average Bonchev–Trinajstić information content (AvgIpc) is 2.77. The fourth-order valence-corrected chi connectivity index (χ4v) is 4.13. The Morgan fingerprint density at radius 1 is 0.758 bits per heavy atom. The second-order valence-electron chi connectivity index (χ2n) is 9.72. The SMILES string of the molecule is CCCCCCCCCCCCCCCC/C=C/CC(=O)NCCCC[C@@H](C(=O)O)N(C)C. The van der Waals surface area contributed by atoms with E-state index in [-0.39, 0.29) is 5.91 Å². The number of amides is 1. The van der Waals surface area contributed by atoms with Crippen LogP contribution in [-0.4, -0.2) is 48.6 Å². The quantitative estimate of drug-likeness (QED) is 0.117. The van der Waals surface area contributed by atoms with E-state index in [9.17, 15) is 9.59 Å². The summed E-state index contributed by atoms with van der Waals surface area (Å²) in [6.45, 7) is 2.89. The molecule has 0 fully saturated rings. The molecule has 0 aromatic carbocycles. The first-order valence-electron chi connectivity index (χ1n) is 13.8. The van der Waals surface area contributed by atoms with Crippen LogP contribution in [0.5, 0.6) is 0 Å². The van der Waals surface area contributed by atoms with Gasteiger partial charge in [-0.25, -0.2) is 0 Å². The monoisotopic (exact) mass is 466 g/mol. The number of nitrogens with one attached hydrogen (secondary N) is 1. The van der Waals surface area contributed by atoms with E-state index in [0.29, 0.717) is 19.4 Å². The summed E-state index contributed by atoms with van der Waals surface area (Å²) < 4.78 is 0. The number of likely N-dealkylation sites (N-methyl/N-ethyl adjacent to an activating group) is 1. The maximum absolute atomic E-state index is 11.9. The van der Waals surface area contributed by atoms with Gasteiger partial charge in [-0.05, 0) is 46.2 Å². The standard InChI is InChI=1S/C28H54N2O3/c1-4-5-6-7-8-9-10-11-12-13-14-15-16-17-18-19-20-24-27(31)29-25-22-21-23-26(28(32)33)30(2)3/h19-20,26H,4-18,21-25H2,1-3H3,(H,29,31)(H,32,33)/b20-19+/t26-/m0/s1. The normalized spacial score (nSPS) is 12.5. The van der Waals surface area contributed by atoms with E-state index in [1.807, 2.05) is 6.08 Å². The summed E-state index contributed by atoms with van der Waals surface area (Å²) in [5.74, 6) is -0.734. The van der Waals surface area contributed by atoms with Crippen molar-refractivity contribution in [3.05, 3.63) is 12.2 Å². The zero-order valence-corrected chi connectivity index (χ0v) is 22.1. The second-order valence-corrected chi connectivity index (χ2v) is 9.72. The van der Waals surface area contributed by atoms with Crippen molar-refractivity contribution in [2.45, 2.75) is 135 Å². The number of hydrogen-bond acceptors (Lipinski definition) is 3. The van der Waals surface area contributed by atoms with Crippen molar-refractivity contribution in [3.63, 3.8) is 0 Å². The molecule has 5 nitrogen and oxygen atoms in total. The van der Waals surface area contributed by atoms with Crippen molar-refractivity contribution in [2.75, 3.05) is 20.6 Å². The van der Waals surface area contributed by atoms with E-state index >= 15 is 0 Å². The van der Waals surface area contributed by atoms with Gasteiger partial charge in [0.1, 0.15) is 6.04 Å². The van der Waals surface area contributed by atoms with Gasteiger partial charge in [-0.15, -0.1) is 0 Å². The van der Waals surface area contributed by atoms with Gasteiger partial charge in [0.15, 0.2) is 0 Å². The third-order valence-electron chi connectivity index (χ3n) is 6.33. The minimum absolute atomic E-state index is 0.0506. The lowest BCUT2D eigenvalue weighted by Crippen LogP contribution is -2.35. The first-order chi connectivity index (χ1) is 16.0. The molecule has 5 heteroatoms. The molecule has 194 valence electrons. The number of carboxylic acids is 1. The summed E-state index contributed by atoms with van der Waals surface area (Å²) in [5, 5.41) is 12.1. The highest BCUT2D eigenvalue weighted by molar-refractivity contribution is 5.77. The molecule has 0 unspecified atom stereocenters. The fraction of sp³-hybridized carbons (Fsp3) is 0.857. The molecule has 1 atom stereocenters. The molecule has 2 N–H and O–H groups in total. The zero-order valence-electron chi connectivity index (χ0n) is 22.1. The molecular formula is C28H54N2O3. The van der Waals surface area contributed by atoms with Crippen LogP contribution in [0.4, 0.5) is 0 Å². The molecular weight excluding hydrogens is 412 g/mol. The van der Waals surface area contributed by atoms with E-state index in [2.05, 4.69) is 18.3 Å². The van der Waals surface area contributed by atoms with E-state index in [4.69, 9.17) is 5.11 Å². The highest BCUT2D eigenvalue weighted by Gasteiger charge is 2.18. The number of nitrogens with zero attached hydrogens (tertiary/aromatic N) is 1. The minimum atomic E-state index is -0.784. The molecule has 0 aliphatic rings. The first-order valence-corrected chi connectivity index (χ1v) is 13.8. The van der Waals surface area contributed by atoms with Gasteiger partial charge in [-0.2, -0.15) is 0 Å². The molecule has 0 aliphatic carbocycles. The molecule has 0 radical (unpaired) electrons.